The molecule has 0 atom stereocenters. The fourth-order valence-corrected chi connectivity index (χ4v) is 2.12. The predicted molar refractivity (Wildman–Crippen MR) is 97.9 cm³/mol. The van der Waals surface area contributed by atoms with Gasteiger partial charge < -0.3 is 20.3 Å². The van der Waals surface area contributed by atoms with Gasteiger partial charge in [-0.25, -0.2) is 9.18 Å². The summed E-state index contributed by atoms with van der Waals surface area (Å²) >= 11 is 5.67. The van der Waals surface area contributed by atoms with Gasteiger partial charge in [0.05, 0.1) is 5.69 Å². The summed E-state index contributed by atoms with van der Waals surface area (Å²) in [7, 11) is 3.29. The average Bonchev–Trinajstić information content (AvgIpc) is 2.60. The second kappa shape index (κ2) is 9.05. The van der Waals surface area contributed by atoms with Crippen molar-refractivity contribution >= 4 is 29.2 Å². The second-order valence-corrected chi connectivity index (χ2v) is 6.09. The van der Waals surface area contributed by atoms with Gasteiger partial charge in [-0.1, -0.05) is 23.7 Å². The molecule has 2 aromatic carbocycles. The van der Waals surface area contributed by atoms with Crippen LogP contribution in [0.3, 0.4) is 0 Å². The average molecular weight is 380 g/mol. The highest BCUT2D eigenvalue weighted by Gasteiger charge is 2.08. The number of nitrogens with zero attached hydrogens (tertiary/aromatic N) is 1. The minimum absolute atomic E-state index is 0.0335. The molecular weight excluding hydrogens is 361 g/mol. The van der Waals surface area contributed by atoms with Crippen molar-refractivity contribution in [2.75, 3.05) is 26.0 Å². The van der Waals surface area contributed by atoms with Crippen molar-refractivity contribution in [3.8, 4) is 5.75 Å². The summed E-state index contributed by atoms with van der Waals surface area (Å²) in [5.74, 6) is -0.254. The van der Waals surface area contributed by atoms with Crippen molar-refractivity contribution in [3.63, 3.8) is 0 Å². The van der Waals surface area contributed by atoms with E-state index in [-0.39, 0.29) is 29.8 Å². The van der Waals surface area contributed by atoms with Gasteiger partial charge in [0, 0.05) is 25.7 Å². The molecule has 0 unspecified atom stereocenters. The van der Waals surface area contributed by atoms with E-state index in [2.05, 4.69) is 10.6 Å². The summed E-state index contributed by atoms with van der Waals surface area (Å²) in [5.41, 5.74) is 0.803. The lowest BCUT2D eigenvalue weighted by atomic mass is 10.2. The maximum atomic E-state index is 13.7. The van der Waals surface area contributed by atoms with Crippen LogP contribution in [-0.2, 0) is 11.3 Å². The first-order valence-corrected chi connectivity index (χ1v) is 8.15. The number of likely N-dealkylation sites (N-methyl/N-ethyl adjacent to an activating group) is 1. The fraction of sp³-hybridized carbons (Fsp3) is 0.222. The van der Waals surface area contributed by atoms with Crippen LogP contribution >= 0.6 is 11.6 Å². The standard InChI is InChI=1S/C18H19ClFN3O3/c1-23(2)17(24)11-26-14-5-3-4-12(8-14)10-21-18(25)22-16-7-6-13(19)9-15(16)20/h3-9H,10-11H2,1-2H3,(H2,21,22,25). The van der Waals surface area contributed by atoms with Crippen LogP contribution in [0.25, 0.3) is 0 Å². The van der Waals surface area contributed by atoms with Crippen LogP contribution in [0.2, 0.25) is 5.02 Å². The highest BCUT2D eigenvalue weighted by atomic mass is 35.5. The normalized spacial score (nSPS) is 10.2. The number of benzene rings is 2. The third kappa shape index (κ3) is 5.93. The predicted octanol–water partition coefficient (Wildman–Crippen LogP) is 3.27. The summed E-state index contributed by atoms with van der Waals surface area (Å²) in [5, 5.41) is 5.28. The summed E-state index contributed by atoms with van der Waals surface area (Å²) in [6.45, 7) is 0.139. The van der Waals surface area contributed by atoms with E-state index in [0.29, 0.717) is 5.75 Å². The Kier molecular flexibility index (Phi) is 6.80. The SMILES string of the molecule is CN(C)C(=O)COc1cccc(CNC(=O)Nc2ccc(Cl)cc2F)c1. The Labute approximate surface area is 155 Å². The lowest BCUT2D eigenvalue weighted by Crippen LogP contribution is -2.28. The molecule has 2 aromatic rings. The Bertz CT molecular complexity index is 799. The smallest absolute Gasteiger partial charge is 0.319 e. The van der Waals surface area contributed by atoms with Crippen LogP contribution in [-0.4, -0.2) is 37.5 Å². The van der Waals surface area contributed by atoms with E-state index < -0.39 is 11.8 Å². The van der Waals surface area contributed by atoms with Gasteiger partial charge in [-0.3, -0.25) is 4.79 Å². The number of urea groups is 1. The zero-order chi connectivity index (χ0) is 19.1. The Hall–Kier alpha value is -2.80. The van der Waals surface area contributed by atoms with Crippen LogP contribution in [0.4, 0.5) is 14.9 Å². The lowest BCUT2D eigenvalue weighted by Gasteiger charge is -2.12. The largest absolute Gasteiger partial charge is 0.484 e. The molecule has 0 saturated heterocycles. The van der Waals surface area contributed by atoms with Gasteiger partial charge in [0.15, 0.2) is 6.61 Å². The first kappa shape index (κ1) is 19.5. The Morgan fingerprint density at radius 2 is 1.96 bits per heavy atom. The molecule has 138 valence electrons. The Morgan fingerprint density at radius 3 is 2.65 bits per heavy atom. The van der Waals surface area contributed by atoms with Gasteiger partial charge in [0.1, 0.15) is 11.6 Å². The molecule has 0 radical (unpaired) electrons. The monoisotopic (exact) mass is 379 g/mol. The van der Waals surface area contributed by atoms with E-state index in [9.17, 15) is 14.0 Å². The number of halogens is 2. The summed E-state index contributed by atoms with van der Waals surface area (Å²) in [6.07, 6.45) is 0. The van der Waals surface area contributed by atoms with Crippen molar-refractivity contribution in [1.82, 2.24) is 10.2 Å². The molecule has 0 spiro atoms. The van der Waals surface area contributed by atoms with Crippen molar-refractivity contribution in [1.29, 1.82) is 0 Å². The molecule has 26 heavy (non-hydrogen) atoms. The first-order valence-electron chi connectivity index (χ1n) is 7.77. The van der Waals surface area contributed by atoms with Gasteiger partial charge in [-0.15, -0.1) is 0 Å². The number of nitrogens with one attached hydrogen (secondary N) is 2. The topological polar surface area (TPSA) is 70.7 Å². The molecule has 0 fully saturated rings. The maximum absolute atomic E-state index is 13.7. The molecule has 0 heterocycles. The number of hydrogen-bond acceptors (Lipinski definition) is 3. The van der Waals surface area contributed by atoms with Crippen molar-refractivity contribution in [2.24, 2.45) is 0 Å². The molecule has 6 nitrogen and oxygen atoms in total. The first-order chi connectivity index (χ1) is 12.3. The van der Waals surface area contributed by atoms with Crippen molar-refractivity contribution in [3.05, 3.63) is 58.9 Å². The number of ether oxygens (including phenoxy) is 1. The van der Waals surface area contributed by atoms with Crippen molar-refractivity contribution in [2.45, 2.75) is 6.54 Å². The van der Waals surface area contributed by atoms with E-state index in [4.69, 9.17) is 16.3 Å². The van der Waals surface area contributed by atoms with Gasteiger partial charge in [-0.05, 0) is 35.9 Å². The zero-order valence-corrected chi connectivity index (χ0v) is 15.1. The number of anilines is 1. The number of amides is 3. The molecule has 0 aromatic heterocycles. The molecule has 0 aliphatic carbocycles. The van der Waals surface area contributed by atoms with Crippen LogP contribution in [0.1, 0.15) is 5.56 Å². The van der Waals surface area contributed by atoms with E-state index in [1.165, 1.54) is 17.0 Å². The fourth-order valence-electron chi connectivity index (χ4n) is 1.96. The maximum Gasteiger partial charge on any atom is 0.319 e. The highest BCUT2D eigenvalue weighted by molar-refractivity contribution is 6.30. The summed E-state index contributed by atoms with van der Waals surface area (Å²) < 4.78 is 19.1. The lowest BCUT2D eigenvalue weighted by molar-refractivity contribution is -0.130. The molecule has 0 bridgehead atoms. The van der Waals surface area contributed by atoms with Gasteiger partial charge in [0.2, 0.25) is 0 Å². The molecule has 0 saturated carbocycles. The second-order valence-electron chi connectivity index (χ2n) is 5.66. The van der Waals surface area contributed by atoms with E-state index in [0.717, 1.165) is 11.6 Å². The van der Waals surface area contributed by atoms with Crippen LogP contribution in [0, 0.1) is 5.82 Å². The molecular formula is C18H19ClFN3O3. The molecule has 0 aliphatic rings. The minimum atomic E-state index is -0.617. The molecule has 0 aliphatic heterocycles. The highest BCUT2D eigenvalue weighted by Crippen LogP contribution is 2.19. The third-order valence-corrected chi connectivity index (χ3v) is 3.63. The van der Waals surface area contributed by atoms with Crippen LogP contribution in [0.5, 0.6) is 5.75 Å². The molecule has 8 heteroatoms. The molecule has 3 amide bonds. The third-order valence-electron chi connectivity index (χ3n) is 3.39. The van der Waals surface area contributed by atoms with E-state index in [1.807, 2.05) is 0 Å². The summed E-state index contributed by atoms with van der Waals surface area (Å²) in [4.78, 5) is 24.9. The number of rotatable bonds is 6. The van der Waals surface area contributed by atoms with E-state index in [1.54, 1.807) is 38.4 Å². The molecule has 2 N–H and O–H groups in total. The Morgan fingerprint density at radius 1 is 1.19 bits per heavy atom. The van der Waals surface area contributed by atoms with Gasteiger partial charge >= 0.3 is 6.03 Å². The number of carbonyl (C=O) groups excluding carboxylic acids is 2. The van der Waals surface area contributed by atoms with Crippen LogP contribution in [0.15, 0.2) is 42.5 Å². The minimum Gasteiger partial charge on any atom is -0.484 e. The Balaban J connectivity index is 1.87. The molecule has 2 rings (SSSR count). The number of hydrogen-bond donors (Lipinski definition) is 2. The van der Waals surface area contributed by atoms with Gasteiger partial charge in [-0.2, -0.15) is 0 Å². The van der Waals surface area contributed by atoms with Crippen LogP contribution < -0.4 is 15.4 Å². The van der Waals surface area contributed by atoms with E-state index >= 15 is 0 Å². The zero-order valence-electron chi connectivity index (χ0n) is 14.4. The number of carbonyl (C=O) groups is 2. The van der Waals surface area contributed by atoms with Crippen molar-refractivity contribution < 1.29 is 18.7 Å². The summed E-state index contributed by atoms with van der Waals surface area (Å²) in [6, 6.07) is 10.4. The quantitative estimate of drug-likeness (QED) is 0.809. The van der Waals surface area contributed by atoms with Gasteiger partial charge in [0.25, 0.3) is 5.91 Å².